The molecule has 0 saturated heterocycles. The first-order valence-electron chi connectivity index (χ1n) is 7.93. The molecule has 0 spiro atoms. The first kappa shape index (κ1) is 15.3. The van der Waals surface area contributed by atoms with E-state index >= 15 is 0 Å². The van der Waals surface area contributed by atoms with Crippen molar-refractivity contribution in [2.24, 2.45) is 0 Å². The van der Waals surface area contributed by atoms with Gasteiger partial charge in [0.2, 0.25) is 0 Å². The van der Waals surface area contributed by atoms with Crippen LogP contribution in [0.25, 0.3) is 0 Å². The van der Waals surface area contributed by atoms with Gasteiger partial charge in [-0.05, 0) is 42.4 Å². The molecule has 0 amide bonds. The Morgan fingerprint density at radius 3 is 1.94 bits per heavy atom. The van der Waals surface area contributed by atoms with E-state index in [0.717, 1.165) is 0 Å². The lowest BCUT2D eigenvalue weighted by atomic mass is 9.92. The van der Waals surface area contributed by atoms with Crippen LogP contribution in [0, 0.1) is 0 Å². The van der Waals surface area contributed by atoms with E-state index in [4.69, 9.17) is 0 Å². The second-order valence-corrected chi connectivity index (χ2v) is 5.37. The fourth-order valence-corrected chi connectivity index (χ4v) is 2.74. The first-order chi connectivity index (χ1) is 8.83. The topological polar surface area (TPSA) is 0 Å². The molecule has 0 atom stereocenters. The summed E-state index contributed by atoms with van der Waals surface area (Å²) in [5.74, 6) is 0. The molecule has 0 heteroatoms. The first-order valence-corrected chi connectivity index (χ1v) is 7.93. The van der Waals surface area contributed by atoms with Gasteiger partial charge in [0.25, 0.3) is 0 Å². The average molecular weight is 246 g/mol. The van der Waals surface area contributed by atoms with Crippen molar-refractivity contribution in [3.8, 4) is 0 Å². The summed E-state index contributed by atoms with van der Waals surface area (Å²) < 4.78 is 0. The number of benzene rings is 1. The van der Waals surface area contributed by atoms with Gasteiger partial charge in [0, 0.05) is 0 Å². The highest BCUT2D eigenvalue weighted by Crippen LogP contribution is 2.21. The van der Waals surface area contributed by atoms with Gasteiger partial charge in [-0.25, -0.2) is 0 Å². The quantitative estimate of drug-likeness (QED) is 0.489. The Labute approximate surface area is 114 Å². The maximum Gasteiger partial charge on any atom is -0.0276 e. The van der Waals surface area contributed by atoms with Crippen molar-refractivity contribution in [2.75, 3.05) is 0 Å². The molecule has 0 aliphatic carbocycles. The van der Waals surface area contributed by atoms with Crippen LogP contribution in [0.1, 0.15) is 76.0 Å². The van der Waals surface area contributed by atoms with E-state index in [2.05, 4.69) is 39.0 Å². The van der Waals surface area contributed by atoms with Gasteiger partial charge in [0.15, 0.2) is 0 Å². The van der Waals surface area contributed by atoms with Gasteiger partial charge in [-0.2, -0.15) is 0 Å². The molecule has 0 bridgehead atoms. The SMILES string of the molecule is CCCCCCc1cccc(CCC)c1CCC. The predicted molar refractivity (Wildman–Crippen MR) is 82.3 cm³/mol. The van der Waals surface area contributed by atoms with Crippen molar-refractivity contribution in [2.45, 2.75) is 78.6 Å². The van der Waals surface area contributed by atoms with E-state index in [1.54, 1.807) is 16.7 Å². The summed E-state index contributed by atoms with van der Waals surface area (Å²) in [6, 6.07) is 6.96. The Bertz CT molecular complexity index is 325. The fraction of sp³-hybridized carbons (Fsp3) is 0.667. The highest BCUT2D eigenvalue weighted by molar-refractivity contribution is 5.35. The molecular weight excluding hydrogens is 216 g/mol. The normalized spacial score (nSPS) is 10.8. The van der Waals surface area contributed by atoms with Gasteiger partial charge >= 0.3 is 0 Å². The van der Waals surface area contributed by atoms with Crippen molar-refractivity contribution in [1.29, 1.82) is 0 Å². The van der Waals surface area contributed by atoms with E-state index in [9.17, 15) is 0 Å². The average Bonchev–Trinajstić information content (AvgIpc) is 2.38. The second-order valence-electron chi connectivity index (χ2n) is 5.37. The molecule has 0 unspecified atom stereocenters. The van der Waals surface area contributed by atoms with Crippen molar-refractivity contribution in [3.05, 3.63) is 34.9 Å². The van der Waals surface area contributed by atoms with Gasteiger partial charge in [-0.3, -0.25) is 0 Å². The van der Waals surface area contributed by atoms with Gasteiger partial charge in [0.1, 0.15) is 0 Å². The zero-order valence-corrected chi connectivity index (χ0v) is 12.6. The van der Waals surface area contributed by atoms with Crippen molar-refractivity contribution in [1.82, 2.24) is 0 Å². The van der Waals surface area contributed by atoms with E-state index in [-0.39, 0.29) is 0 Å². The number of unbranched alkanes of at least 4 members (excludes halogenated alkanes) is 3. The molecule has 1 aromatic carbocycles. The van der Waals surface area contributed by atoms with E-state index in [1.807, 2.05) is 0 Å². The number of hydrogen-bond acceptors (Lipinski definition) is 0. The lowest BCUT2D eigenvalue weighted by Crippen LogP contribution is -2.00. The molecule has 0 aliphatic rings. The summed E-state index contributed by atoms with van der Waals surface area (Å²) in [5, 5.41) is 0. The predicted octanol–water partition coefficient (Wildman–Crippen LogP) is 5.71. The van der Waals surface area contributed by atoms with Crippen LogP contribution in [0.2, 0.25) is 0 Å². The van der Waals surface area contributed by atoms with E-state index < -0.39 is 0 Å². The summed E-state index contributed by atoms with van der Waals surface area (Å²) in [6.45, 7) is 6.86. The number of aryl methyl sites for hydroxylation is 2. The second kappa shape index (κ2) is 9.19. The Morgan fingerprint density at radius 1 is 0.667 bits per heavy atom. The molecule has 0 nitrogen and oxygen atoms in total. The zero-order chi connectivity index (χ0) is 13.2. The van der Waals surface area contributed by atoms with Gasteiger partial charge in [-0.15, -0.1) is 0 Å². The lowest BCUT2D eigenvalue weighted by Gasteiger charge is -2.14. The van der Waals surface area contributed by atoms with Crippen molar-refractivity contribution < 1.29 is 0 Å². The summed E-state index contributed by atoms with van der Waals surface area (Å²) in [5.41, 5.74) is 4.89. The fourth-order valence-electron chi connectivity index (χ4n) is 2.74. The van der Waals surface area contributed by atoms with Crippen LogP contribution >= 0.6 is 0 Å². The maximum atomic E-state index is 2.36. The van der Waals surface area contributed by atoms with Crippen LogP contribution in [-0.4, -0.2) is 0 Å². The molecule has 0 saturated carbocycles. The van der Waals surface area contributed by atoms with Crippen molar-refractivity contribution in [3.63, 3.8) is 0 Å². The molecule has 1 aromatic rings. The van der Waals surface area contributed by atoms with Crippen LogP contribution in [0.4, 0.5) is 0 Å². The molecule has 18 heavy (non-hydrogen) atoms. The summed E-state index contributed by atoms with van der Waals surface area (Å²) in [4.78, 5) is 0. The highest BCUT2D eigenvalue weighted by atomic mass is 14.1. The Hall–Kier alpha value is -0.780. The van der Waals surface area contributed by atoms with E-state index in [0.29, 0.717) is 0 Å². The Morgan fingerprint density at radius 2 is 1.33 bits per heavy atom. The monoisotopic (exact) mass is 246 g/mol. The highest BCUT2D eigenvalue weighted by Gasteiger charge is 2.06. The van der Waals surface area contributed by atoms with Crippen LogP contribution < -0.4 is 0 Å². The van der Waals surface area contributed by atoms with Crippen LogP contribution in [0.15, 0.2) is 18.2 Å². The summed E-state index contributed by atoms with van der Waals surface area (Å²) in [7, 11) is 0. The standard InChI is InChI=1S/C18H30/c1-4-7-8-9-13-17-15-10-14-16(11-5-2)18(17)12-6-3/h10,14-15H,4-9,11-13H2,1-3H3. The molecule has 0 fully saturated rings. The minimum absolute atomic E-state index is 1.25. The third kappa shape index (κ3) is 4.84. The molecular formula is C18H30. The third-order valence-corrected chi connectivity index (χ3v) is 3.69. The number of hydrogen-bond donors (Lipinski definition) is 0. The van der Waals surface area contributed by atoms with Crippen LogP contribution in [0.5, 0.6) is 0 Å². The van der Waals surface area contributed by atoms with Crippen LogP contribution in [0.3, 0.4) is 0 Å². The van der Waals surface area contributed by atoms with Gasteiger partial charge in [-0.1, -0.05) is 71.1 Å². The Balaban J connectivity index is 2.71. The van der Waals surface area contributed by atoms with E-state index in [1.165, 1.54) is 57.8 Å². The molecule has 1 rings (SSSR count). The molecule has 0 N–H and O–H groups in total. The molecule has 0 heterocycles. The summed E-state index contributed by atoms with van der Waals surface area (Å²) in [6.07, 6.45) is 11.8. The number of rotatable bonds is 9. The van der Waals surface area contributed by atoms with Crippen LogP contribution in [-0.2, 0) is 19.3 Å². The summed E-state index contributed by atoms with van der Waals surface area (Å²) >= 11 is 0. The zero-order valence-electron chi connectivity index (χ0n) is 12.6. The molecule has 0 radical (unpaired) electrons. The smallest absolute Gasteiger partial charge is 0.0276 e. The minimum Gasteiger partial charge on any atom is -0.0654 e. The molecule has 0 aliphatic heterocycles. The maximum absolute atomic E-state index is 2.36. The Kier molecular flexibility index (Phi) is 7.80. The third-order valence-electron chi connectivity index (χ3n) is 3.69. The van der Waals surface area contributed by atoms with Gasteiger partial charge < -0.3 is 0 Å². The largest absolute Gasteiger partial charge is 0.0654 e. The van der Waals surface area contributed by atoms with Gasteiger partial charge in [0.05, 0.1) is 0 Å². The van der Waals surface area contributed by atoms with Crippen molar-refractivity contribution >= 4 is 0 Å². The molecule has 0 aromatic heterocycles. The lowest BCUT2D eigenvalue weighted by molar-refractivity contribution is 0.663. The minimum atomic E-state index is 1.25. The molecule has 102 valence electrons.